The van der Waals surface area contributed by atoms with Crippen LogP contribution >= 0.6 is 6.77 Å². The fourth-order valence-corrected chi connectivity index (χ4v) is 6.09. The zero-order valence-corrected chi connectivity index (χ0v) is 22.0. The van der Waals surface area contributed by atoms with Crippen LogP contribution in [0.3, 0.4) is 0 Å². The third-order valence-corrected chi connectivity index (χ3v) is 10.3. The lowest BCUT2D eigenvalue weighted by molar-refractivity contribution is 0.172. The Morgan fingerprint density at radius 1 is 0.757 bits per heavy atom. The molecule has 0 aromatic heterocycles. The lowest BCUT2D eigenvalue weighted by atomic mass is 10.2. The largest absolute Gasteiger partial charge is 0.504 e. The van der Waals surface area contributed by atoms with Gasteiger partial charge >= 0.3 is 0 Å². The molecule has 1 aliphatic heterocycles. The van der Waals surface area contributed by atoms with E-state index in [0.29, 0.717) is 16.9 Å². The van der Waals surface area contributed by atoms with Gasteiger partial charge in [0.2, 0.25) is 0 Å². The Hall–Kier alpha value is -3.88. The molecule has 3 aromatic carbocycles. The average molecular weight is 539 g/mol. The van der Waals surface area contributed by atoms with Gasteiger partial charge in [-0.25, -0.2) is 0 Å². The number of hydrogen-bond acceptors (Lipinski definition) is 10. The normalized spacial score (nSPS) is 21.1. The number of fused-ring (bicyclic) bond motifs is 4. The molecule has 0 spiro atoms. The minimum absolute atomic E-state index is 0.0405. The summed E-state index contributed by atoms with van der Waals surface area (Å²) in [4.78, 5) is 0. The van der Waals surface area contributed by atoms with Crippen LogP contribution in [0.15, 0.2) is 89.5 Å². The van der Waals surface area contributed by atoms with Gasteiger partial charge in [0.1, 0.15) is 31.0 Å². The molecule has 0 amide bonds. The molecule has 1 atom stereocenters. The highest BCUT2D eigenvalue weighted by Crippen LogP contribution is 2.60. The van der Waals surface area contributed by atoms with E-state index in [2.05, 4.69) is 10.2 Å². The van der Waals surface area contributed by atoms with Crippen molar-refractivity contribution in [1.29, 1.82) is 0 Å². The van der Waals surface area contributed by atoms with Crippen molar-refractivity contribution in [2.45, 2.75) is 0 Å². The van der Waals surface area contributed by atoms with Gasteiger partial charge in [-0.1, -0.05) is 30.3 Å². The summed E-state index contributed by atoms with van der Waals surface area (Å²) in [6.45, 7) is -2.35. The van der Waals surface area contributed by atoms with Gasteiger partial charge in [0.15, 0.2) is 29.8 Å². The second kappa shape index (κ2) is 11.9. The van der Waals surface area contributed by atoms with Gasteiger partial charge in [-0.3, -0.25) is 0 Å². The molecule has 1 aliphatic rings. The van der Waals surface area contributed by atoms with Crippen LogP contribution < -0.4 is 14.8 Å². The number of nitrogens with zero attached hydrogens (tertiary/aromatic N) is 4. The number of benzene rings is 3. The number of hydrazone groups is 2. The smallest absolute Gasteiger partial charge is 0.168 e. The summed E-state index contributed by atoms with van der Waals surface area (Å²) >= 11 is 6.21. The molecule has 192 valence electrons. The number of ether oxygens (including phenoxy) is 3. The van der Waals surface area contributed by atoms with Gasteiger partial charge in [-0.2, -0.15) is 19.8 Å². The third kappa shape index (κ3) is 5.93. The maximum absolute atomic E-state index is 10.7. The Morgan fingerprint density at radius 3 is 2.00 bits per heavy atom. The lowest BCUT2D eigenvalue weighted by Crippen LogP contribution is -2.32. The second-order valence-corrected chi connectivity index (χ2v) is 12.1. The summed E-state index contributed by atoms with van der Waals surface area (Å²) in [6, 6.07) is 19.8. The maximum Gasteiger partial charge on any atom is 0.168 e. The molecule has 0 fully saturated rings. The Kier molecular flexibility index (Phi) is 8.43. The Balaban J connectivity index is 1.77. The Labute approximate surface area is 221 Å². The van der Waals surface area contributed by atoms with Crippen LogP contribution in [-0.2, 0) is 17.0 Å². The fourth-order valence-electron chi connectivity index (χ4n) is 3.48. The zero-order valence-electron chi connectivity index (χ0n) is 20.3. The van der Waals surface area contributed by atoms with Crippen molar-refractivity contribution in [2.75, 3.05) is 27.3 Å². The van der Waals surface area contributed by atoms with E-state index in [1.165, 1.54) is 25.0 Å². The van der Waals surface area contributed by atoms with Crippen molar-refractivity contribution in [3.63, 3.8) is 0 Å². The van der Waals surface area contributed by atoms with Crippen LogP contribution in [0.25, 0.3) is 0 Å². The summed E-state index contributed by atoms with van der Waals surface area (Å²) in [5, 5.41) is 31.4. The molecule has 0 saturated heterocycles. The van der Waals surface area contributed by atoms with Crippen LogP contribution in [-0.4, -0.2) is 59.5 Å². The van der Waals surface area contributed by atoms with Crippen molar-refractivity contribution < 1.29 is 24.4 Å². The summed E-state index contributed by atoms with van der Waals surface area (Å²) < 4.78 is 19.9. The monoisotopic (exact) mass is 538 g/mol. The first kappa shape index (κ1) is 26.2. The first-order chi connectivity index (χ1) is 17.9. The van der Waals surface area contributed by atoms with Gasteiger partial charge in [0.05, 0.1) is 26.5 Å². The fraction of sp³-hybridized carbons (Fsp3) is 0.154. The van der Waals surface area contributed by atoms with Crippen LogP contribution in [0.4, 0.5) is 0 Å². The molecular weight excluding hydrogens is 511 g/mol. The molecule has 9 nitrogen and oxygen atoms in total. The summed E-state index contributed by atoms with van der Waals surface area (Å²) in [5.41, 5.74) is 0.916. The maximum atomic E-state index is 10.7. The molecule has 11 heteroatoms. The van der Waals surface area contributed by atoms with E-state index in [1.54, 1.807) is 60.1 Å². The minimum atomic E-state index is -2.75. The van der Waals surface area contributed by atoms with E-state index >= 15 is 0 Å². The van der Waals surface area contributed by atoms with Crippen molar-refractivity contribution in [1.82, 2.24) is 9.56 Å². The summed E-state index contributed by atoms with van der Waals surface area (Å²) in [7, 11) is 3.54. The number of para-hydroxylation sites is 2. The lowest BCUT2D eigenvalue weighted by Gasteiger charge is -2.41. The van der Waals surface area contributed by atoms with E-state index in [9.17, 15) is 10.2 Å². The highest BCUT2D eigenvalue weighted by Gasteiger charge is 2.37. The predicted molar refractivity (Wildman–Crippen MR) is 149 cm³/mol. The Bertz CT molecular complexity index is 1310. The second-order valence-electron chi connectivity index (χ2n) is 7.84. The molecule has 0 saturated carbocycles. The number of phenolic OH excluding ortho intramolecular Hbond substituents is 2. The molecule has 1 unspecified atom stereocenters. The molecule has 4 bridgehead atoms. The van der Waals surface area contributed by atoms with E-state index < -0.39 is 6.77 Å². The summed E-state index contributed by atoms with van der Waals surface area (Å²) in [5.74, 6) is 0.426. The molecule has 0 radical (unpaired) electrons. The van der Waals surface area contributed by atoms with Gasteiger partial charge < -0.3 is 36.7 Å². The van der Waals surface area contributed by atoms with E-state index in [1.807, 2.05) is 30.3 Å². The molecule has 37 heavy (non-hydrogen) atoms. The quantitative estimate of drug-likeness (QED) is 0.351. The molecule has 3 aromatic rings. The molecule has 4 rings (SSSR count). The highest BCUT2D eigenvalue weighted by molar-refractivity contribution is 8.43. The number of hydrogen-bond donors (Lipinski definition) is 2. The van der Waals surface area contributed by atoms with Crippen LogP contribution in [0.5, 0.6) is 23.0 Å². The number of phenols is 2. The molecular formula is C26H27N4O5PS. The van der Waals surface area contributed by atoms with Crippen molar-refractivity contribution in [3.8, 4) is 23.0 Å². The van der Waals surface area contributed by atoms with Crippen LogP contribution in [0.2, 0.25) is 0 Å². The van der Waals surface area contributed by atoms with Crippen LogP contribution in [0, 0.1) is 0 Å². The first-order valence-corrected chi connectivity index (χ1v) is 14.0. The zero-order chi connectivity index (χ0) is 26.3. The van der Waals surface area contributed by atoms with E-state index in [4.69, 9.17) is 26.5 Å². The number of rotatable bonds is 1. The van der Waals surface area contributed by atoms with Crippen molar-refractivity contribution in [3.05, 3.63) is 90.4 Å². The average Bonchev–Trinajstić information content (AvgIpc) is 2.92. The van der Waals surface area contributed by atoms with E-state index in [0.717, 1.165) is 5.30 Å². The highest BCUT2D eigenvalue weighted by atomic mass is 32.7. The van der Waals surface area contributed by atoms with E-state index in [-0.39, 0.29) is 30.5 Å². The number of aromatic hydroxyl groups is 2. The topological polar surface area (TPSA) is 99.4 Å². The standard InChI is InChI=1S/C26H27N4O5PS/c1-29-27-18-20-8-6-12-23(25(20)31)34-16-14-33-15-17-35-24-13-7-9-21(26(24)32)19-28-30(2)36(29,37)22-10-4-3-5-11-22/h3-14,16,18-19,31-32H,15,17H2,1-2H3/b16-14-,27-18-,28-19-. The van der Waals surface area contributed by atoms with Gasteiger partial charge in [-0.05, 0) is 36.4 Å². The molecule has 0 aliphatic carbocycles. The SMILES string of the molecule is CN1/N=C\c2cccc(c2O)O/C=C\OCCOc2cccc(c2O)/C=N\N(C)[P+]1([S-])c1ccccc1. The summed E-state index contributed by atoms with van der Waals surface area (Å²) in [6.07, 6.45) is 5.73. The van der Waals surface area contributed by atoms with Crippen LogP contribution in [0.1, 0.15) is 11.1 Å². The Morgan fingerprint density at radius 2 is 1.35 bits per heavy atom. The third-order valence-electron chi connectivity index (χ3n) is 5.47. The van der Waals surface area contributed by atoms with Crippen molar-refractivity contribution >= 4 is 36.7 Å². The minimum Gasteiger partial charge on any atom is -0.504 e. The van der Waals surface area contributed by atoms with Gasteiger partial charge in [-0.15, -0.1) is 0 Å². The van der Waals surface area contributed by atoms with Crippen molar-refractivity contribution in [2.24, 2.45) is 10.2 Å². The molecule has 2 N–H and O–H groups in total. The van der Waals surface area contributed by atoms with Gasteiger partial charge in [0, 0.05) is 11.1 Å². The molecule has 1 heterocycles. The predicted octanol–water partition coefficient (Wildman–Crippen LogP) is 4.22. The van der Waals surface area contributed by atoms with Gasteiger partial charge in [0.25, 0.3) is 0 Å². The first-order valence-electron chi connectivity index (χ1n) is 11.3.